The first-order valence-electron chi connectivity index (χ1n) is 11.0. The van der Waals surface area contributed by atoms with E-state index >= 15 is 0 Å². The van der Waals surface area contributed by atoms with Crippen LogP contribution in [-0.2, 0) is 27.1 Å². The van der Waals surface area contributed by atoms with Crippen molar-refractivity contribution >= 4 is 15.9 Å². The molecular formula is C24H33N3O3S. The van der Waals surface area contributed by atoms with Crippen LogP contribution < -0.4 is 10.0 Å². The van der Waals surface area contributed by atoms with Crippen molar-refractivity contribution < 1.29 is 13.2 Å². The number of nitrogens with zero attached hydrogens (tertiary/aromatic N) is 1. The number of hydrogen-bond donors (Lipinski definition) is 2. The highest BCUT2D eigenvalue weighted by atomic mass is 32.2. The van der Waals surface area contributed by atoms with Crippen LogP contribution in [-0.4, -0.2) is 38.4 Å². The molecule has 1 atom stereocenters. The molecule has 0 spiro atoms. The number of benzene rings is 2. The molecule has 2 aromatic carbocycles. The summed E-state index contributed by atoms with van der Waals surface area (Å²) in [7, 11) is -3.43. The van der Waals surface area contributed by atoms with Gasteiger partial charge in [-0.15, -0.1) is 0 Å². The van der Waals surface area contributed by atoms with E-state index in [1.165, 1.54) is 6.42 Å². The van der Waals surface area contributed by atoms with Gasteiger partial charge in [0.25, 0.3) is 0 Å². The highest BCUT2D eigenvalue weighted by molar-refractivity contribution is 7.88. The Morgan fingerprint density at radius 1 is 0.935 bits per heavy atom. The van der Waals surface area contributed by atoms with Gasteiger partial charge in [0.15, 0.2) is 0 Å². The van der Waals surface area contributed by atoms with Gasteiger partial charge in [-0.2, -0.15) is 0 Å². The third kappa shape index (κ3) is 6.89. The van der Waals surface area contributed by atoms with Gasteiger partial charge < -0.3 is 4.90 Å². The van der Waals surface area contributed by atoms with Crippen molar-refractivity contribution in [2.75, 3.05) is 13.1 Å². The number of amides is 1. The molecule has 0 saturated carbocycles. The molecule has 1 amide bonds. The molecule has 1 heterocycles. The molecule has 0 unspecified atom stereocenters. The Hall–Kier alpha value is -2.22. The van der Waals surface area contributed by atoms with Gasteiger partial charge in [-0.25, -0.2) is 13.1 Å². The van der Waals surface area contributed by atoms with Crippen LogP contribution in [0.5, 0.6) is 0 Å². The number of sulfonamides is 1. The second-order valence-electron chi connectivity index (χ2n) is 8.41. The zero-order valence-electron chi connectivity index (χ0n) is 18.4. The quantitative estimate of drug-likeness (QED) is 0.623. The molecule has 0 radical (unpaired) electrons. The second-order valence-corrected chi connectivity index (χ2v) is 10.2. The predicted octanol–water partition coefficient (Wildman–Crippen LogP) is 3.36. The SMILES string of the molecule is CC(C)NS(=O)(=O)Cc1ccccc1CN[C@H](C(=O)N1CCCCC1)c1ccccc1. The van der Waals surface area contributed by atoms with Crippen molar-refractivity contribution in [1.29, 1.82) is 0 Å². The largest absolute Gasteiger partial charge is 0.341 e. The fourth-order valence-electron chi connectivity index (χ4n) is 3.98. The number of nitrogens with one attached hydrogen (secondary N) is 2. The Morgan fingerprint density at radius 3 is 2.19 bits per heavy atom. The van der Waals surface area contributed by atoms with Crippen molar-refractivity contribution in [2.24, 2.45) is 0 Å². The minimum absolute atomic E-state index is 0.0810. The van der Waals surface area contributed by atoms with Gasteiger partial charge in [-0.3, -0.25) is 10.1 Å². The summed E-state index contributed by atoms with van der Waals surface area (Å²) in [5, 5.41) is 3.41. The van der Waals surface area contributed by atoms with Crippen molar-refractivity contribution in [2.45, 2.75) is 57.5 Å². The molecule has 1 saturated heterocycles. The maximum Gasteiger partial charge on any atom is 0.244 e. The Balaban J connectivity index is 1.78. The zero-order valence-corrected chi connectivity index (χ0v) is 19.2. The fraction of sp³-hybridized carbons (Fsp3) is 0.458. The van der Waals surface area contributed by atoms with Gasteiger partial charge in [0.05, 0.1) is 5.75 Å². The molecule has 6 nitrogen and oxygen atoms in total. The molecule has 1 aliphatic heterocycles. The van der Waals surface area contributed by atoms with E-state index in [0.717, 1.165) is 42.6 Å². The van der Waals surface area contributed by atoms with Crippen LogP contribution in [0, 0.1) is 0 Å². The van der Waals surface area contributed by atoms with E-state index in [2.05, 4.69) is 10.0 Å². The molecule has 3 rings (SSSR count). The maximum absolute atomic E-state index is 13.3. The lowest BCUT2D eigenvalue weighted by Crippen LogP contribution is -2.43. The van der Waals surface area contributed by atoms with Crippen LogP contribution in [0.1, 0.15) is 55.8 Å². The molecule has 1 aliphatic rings. The summed E-state index contributed by atoms with van der Waals surface area (Å²) in [6, 6.07) is 16.6. The maximum atomic E-state index is 13.3. The smallest absolute Gasteiger partial charge is 0.244 e. The standard InChI is InChI=1S/C24H33N3O3S/c1-19(2)26-31(29,30)18-22-14-8-7-13-21(22)17-25-23(20-11-5-3-6-12-20)24(28)27-15-9-4-10-16-27/h3,5-8,11-14,19,23,25-26H,4,9-10,15-18H2,1-2H3/t23-/m0/s1. The molecule has 31 heavy (non-hydrogen) atoms. The van der Waals surface area contributed by atoms with Gasteiger partial charge in [0.1, 0.15) is 6.04 Å². The first-order valence-corrected chi connectivity index (χ1v) is 12.6. The number of carbonyl (C=O) groups is 1. The van der Waals surface area contributed by atoms with Crippen molar-refractivity contribution in [3.05, 3.63) is 71.3 Å². The monoisotopic (exact) mass is 443 g/mol. The third-order valence-corrected chi connectivity index (χ3v) is 6.94. The van der Waals surface area contributed by atoms with Gasteiger partial charge in [0, 0.05) is 25.7 Å². The predicted molar refractivity (Wildman–Crippen MR) is 124 cm³/mol. The molecule has 1 fully saturated rings. The molecular weight excluding hydrogens is 410 g/mol. The molecule has 2 N–H and O–H groups in total. The molecule has 0 aliphatic carbocycles. The highest BCUT2D eigenvalue weighted by Crippen LogP contribution is 2.21. The number of hydrogen-bond acceptors (Lipinski definition) is 4. The molecule has 168 valence electrons. The summed E-state index contributed by atoms with van der Waals surface area (Å²) >= 11 is 0. The van der Waals surface area contributed by atoms with Gasteiger partial charge >= 0.3 is 0 Å². The average Bonchev–Trinajstić information content (AvgIpc) is 2.75. The minimum Gasteiger partial charge on any atom is -0.341 e. The summed E-state index contributed by atoms with van der Waals surface area (Å²) in [5.41, 5.74) is 2.54. The van der Waals surface area contributed by atoms with Crippen molar-refractivity contribution in [1.82, 2.24) is 14.9 Å². The Kier molecular flexibility index (Phi) is 8.23. The van der Waals surface area contributed by atoms with Crippen LogP contribution in [0.15, 0.2) is 54.6 Å². The summed E-state index contributed by atoms with van der Waals surface area (Å²) in [5.74, 6) is -0.00322. The normalized spacial score (nSPS) is 15.8. The first kappa shape index (κ1) is 23.4. The zero-order chi connectivity index (χ0) is 22.3. The van der Waals surface area contributed by atoms with E-state index in [4.69, 9.17) is 0 Å². The van der Waals surface area contributed by atoms with E-state index in [1.807, 2.05) is 73.3 Å². The second kappa shape index (κ2) is 10.9. The summed E-state index contributed by atoms with van der Waals surface area (Å²) in [6.07, 6.45) is 3.24. The van der Waals surface area contributed by atoms with Crippen LogP contribution >= 0.6 is 0 Å². The lowest BCUT2D eigenvalue weighted by Gasteiger charge is -2.31. The molecule has 0 bridgehead atoms. The Morgan fingerprint density at radius 2 is 1.55 bits per heavy atom. The first-order chi connectivity index (χ1) is 14.9. The number of rotatable bonds is 9. The summed E-state index contributed by atoms with van der Waals surface area (Å²) in [4.78, 5) is 15.3. The van der Waals surface area contributed by atoms with Crippen LogP contribution in [0.25, 0.3) is 0 Å². The Labute approximate surface area is 186 Å². The van der Waals surface area contributed by atoms with Gasteiger partial charge in [0.2, 0.25) is 15.9 Å². The fourth-order valence-corrected chi connectivity index (χ4v) is 5.47. The van der Waals surface area contributed by atoms with E-state index in [0.29, 0.717) is 6.54 Å². The number of carbonyl (C=O) groups excluding carboxylic acids is 1. The van der Waals surface area contributed by atoms with Crippen LogP contribution in [0.2, 0.25) is 0 Å². The van der Waals surface area contributed by atoms with E-state index < -0.39 is 16.1 Å². The van der Waals surface area contributed by atoms with E-state index in [-0.39, 0.29) is 17.7 Å². The molecule has 7 heteroatoms. The third-order valence-electron chi connectivity index (χ3n) is 5.42. The van der Waals surface area contributed by atoms with Crippen molar-refractivity contribution in [3.8, 4) is 0 Å². The van der Waals surface area contributed by atoms with E-state index in [9.17, 15) is 13.2 Å². The topological polar surface area (TPSA) is 78.5 Å². The van der Waals surface area contributed by atoms with Crippen LogP contribution in [0.4, 0.5) is 0 Å². The Bertz CT molecular complexity index is 955. The van der Waals surface area contributed by atoms with Crippen molar-refractivity contribution in [3.63, 3.8) is 0 Å². The minimum atomic E-state index is -3.43. The highest BCUT2D eigenvalue weighted by Gasteiger charge is 2.27. The van der Waals surface area contributed by atoms with Gasteiger partial charge in [-0.1, -0.05) is 54.6 Å². The summed E-state index contributed by atoms with van der Waals surface area (Å²) in [6.45, 7) is 5.61. The van der Waals surface area contributed by atoms with Crippen LogP contribution in [0.3, 0.4) is 0 Å². The molecule has 0 aromatic heterocycles. The average molecular weight is 444 g/mol. The molecule has 2 aromatic rings. The number of piperidine rings is 1. The summed E-state index contributed by atoms with van der Waals surface area (Å²) < 4.78 is 27.5. The number of likely N-dealkylation sites (tertiary alicyclic amines) is 1. The van der Waals surface area contributed by atoms with E-state index in [1.54, 1.807) is 0 Å². The lowest BCUT2D eigenvalue weighted by molar-refractivity contribution is -0.134. The lowest BCUT2D eigenvalue weighted by atomic mass is 10.0. The van der Waals surface area contributed by atoms with Gasteiger partial charge in [-0.05, 0) is 49.8 Å².